The molecule has 2 rings (SSSR count). The van der Waals surface area contributed by atoms with Crippen LogP contribution in [0.3, 0.4) is 0 Å². The molecule has 4 atom stereocenters. The van der Waals surface area contributed by atoms with Gasteiger partial charge in [0.25, 0.3) is 0 Å². The van der Waals surface area contributed by atoms with Crippen LogP contribution in [0.5, 0.6) is 5.75 Å². The van der Waals surface area contributed by atoms with Gasteiger partial charge in [-0.1, -0.05) is 18.2 Å². The van der Waals surface area contributed by atoms with Crippen LogP contribution in [0.4, 0.5) is 0 Å². The lowest BCUT2D eigenvalue weighted by molar-refractivity contribution is -0.242. The van der Waals surface area contributed by atoms with E-state index < -0.39 is 24.6 Å². The van der Waals surface area contributed by atoms with Crippen LogP contribution in [-0.2, 0) is 4.74 Å². The van der Waals surface area contributed by atoms with Crippen molar-refractivity contribution in [3.8, 4) is 5.75 Å². The molecule has 5 heteroatoms. The Morgan fingerprint density at radius 3 is 2.44 bits per heavy atom. The summed E-state index contributed by atoms with van der Waals surface area (Å²) in [6, 6.07) is 8.84. The first kappa shape index (κ1) is 11.3. The van der Waals surface area contributed by atoms with Gasteiger partial charge in [-0.15, -0.1) is 0 Å². The van der Waals surface area contributed by atoms with E-state index in [4.69, 9.17) is 9.47 Å². The molecule has 0 aromatic heterocycles. The van der Waals surface area contributed by atoms with Crippen molar-refractivity contribution in [2.24, 2.45) is 0 Å². The largest absolute Gasteiger partial charge is 0.462 e. The number of rotatable bonds is 2. The van der Waals surface area contributed by atoms with Gasteiger partial charge in [0.05, 0.1) is 6.61 Å². The number of ether oxygens (including phenoxy) is 2. The molecule has 0 spiro atoms. The summed E-state index contributed by atoms with van der Waals surface area (Å²) >= 11 is 0. The lowest BCUT2D eigenvalue weighted by Crippen LogP contribution is -2.54. The van der Waals surface area contributed by atoms with E-state index in [0.717, 1.165) is 0 Å². The van der Waals surface area contributed by atoms with Crippen molar-refractivity contribution >= 4 is 0 Å². The summed E-state index contributed by atoms with van der Waals surface area (Å²) in [6.07, 6.45) is -4.54. The highest BCUT2D eigenvalue weighted by atomic mass is 16.7. The number of aliphatic hydroxyl groups excluding tert-OH is 3. The average Bonchev–Trinajstić information content (AvgIpc) is 2.31. The van der Waals surface area contributed by atoms with Crippen molar-refractivity contribution < 1.29 is 24.8 Å². The lowest BCUT2D eigenvalue weighted by atomic mass is 10.1. The second-order valence-corrected chi connectivity index (χ2v) is 3.68. The first-order valence-electron chi connectivity index (χ1n) is 5.06. The van der Waals surface area contributed by atoms with Crippen molar-refractivity contribution in [3.63, 3.8) is 0 Å². The third-order valence-electron chi connectivity index (χ3n) is 2.45. The zero-order valence-corrected chi connectivity index (χ0v) is 8.56. The van der Waals surface area contributed by atoms with Gasteiger partial charge in [0.2, 0.25) is 6.29 Å². The van der Waals surface area contributed by atoms with Crippen LogP contribution in [0.2, 0.25) is 0 Å². The summed E-state index contributed by atoms with van der Waals surface area (Å²) in [7, 11) is 0. The summed E-state index contributed by atoms with van der Waals surface area (Å²) in [5.74, 6) is 0.537. The summed E-state index contributed by atoms with van der Waals surface area (Å²) in [4.78, 5) is 0. The van der Waals surface area contributed by atoms with Gasteiger partial charge < -0.3 is 24.8 Å². The number of para-hydroxylation sites is 1. The van der Waals surface area contributed by atoms with Crippen LogP contribution in [0.25, 0.3) is 0 Å². The number of benzene rings is 1. The van der Waals surface area contributed by atoms with Crippen molar-refractivity contribution in [3.05, 3.63) is 30.3 Å². The van der Waals surface area contributed by atoms with E-state index in [1.807, 2.05) is 6.07 Å². The first-order chi connectivity index (χ1) is 7.68. The molecule has 1 fully saturated rings. The highest BCUT2D eigenvalue weighted by Crippen LogP contribution is 2.19. The predicted octanol–water partition coefficient (Wildman–Crippen LogP) is -0.496. The Balaban J connectivity index is 2.00. The van der Waals surface area contributed by atoms with Gasteiger partial charge in [-0.2, -0.15) is 0 Å². The van der Waals surface area contributed by atoms with Gasteiger partial charge in [-0.05, 0) is 12.1 Å². The predicted molar refractivity (Wildman–Crippen MR) is 54.8 cm³/mol. The van der Waals surface area contributed by atoms with E-state index in [1.54, 1.807) is 24.3 Å². The van der Waals surface area contributed by atoms with Crippen LogP contribution in [0.1, 0.15) is 0 Å². The summed E-state index contributed by atoms with van der Waals surface area (Å²) < 4.78 is 10.4. The Kier molecular flexibility index (Phi) is 3.40. The van der Waals surface area contributed by atoms with Crippen molar-refractivity contribution in [1.82, 2.24) is 0 Å². The second-order valence-electron chi connectivity index (χ2n) is 3.68. The molecule has 1 aromatic rings. The summed E-state index contributed by atoms with van der Waals surface area (Å²) in [5, 5.41) is 28.3. The number of aliphatic hydroxyl groups is 3. The second kappa shape index (κ2) is 4.80. The molecule has 1 aliphatic rings. The molecule has 16 heavy (non-hydrogen) atoms. The van der Waals surface area contributed by atoms with Gasteiger partial charge >= 0.3 is 0 Å². The highest BCUT2D eigenvalue weighted by Gasteiger charge is 2.38. The molecule has 0 radical (unpaired) electrons. The monoisotopic (exact) mass is 226 g/mol. The maximum atomic E-state index is 9.61. The van der Waals surface area contributed by atoms with Gasteiger partial charge in [0.1, 0.15) is 24.1 Å². The minimum absolute atomic E-state index is 0.0598. The van der Waals surface area contributed by atoms with Crippen molar-refractivity contribution in [2.75, 3.05) is 6.61 Å². The third-order valence-corrected chi connectivity index (χ3v) is 2.45. The van der Waals surface area contributed by atoms with E-state index >= 15 is 0 Å². The highest BCUT2D eigenvalue weighted by molar-refractivity contribution is 5.21. The van der Waals surface area contributed by atoms with Crippen molar-refractivity contribution in [1.29, 1.82) is 0 Å². The molecular weight excluding hydrogens is 212 g/mol. The maximum Gasteiger partial charge on any atom is 0.228 e. The molecule has 3 N–H and O–H groups in total. The summed E-state index contributed by atoms with van der Waals surface area (Å²) in [6.45, 7) is -0.0598. The van der Waals surface area contributed by atoms with Gasteiger partial charge in [0.15, 0.2) is 0 Å². The topological polar surface area (TPSA) is 79.2 Å². The standard InChI is InChI=1S/C11H14O5/c12-8-6-15-11(10(14)9(8)13)16-7-4-2-1-3-5-7/h1-5,8-14H,6H2/t8-,9?,10?,11?/m0/s1. The van der Waals surface area contributed by atoms with E-state index in [2.05, 4.69) is 0 Å². The SMILES string of the molecule is OC1C(Oc2ccccc2)OC[C@H](O)C1O. The fourth-order valence-electron chi connectivity index (χ4n) is 1.52. The number of hydrogen-bond acceptors (Lipinski definition) is 5. The minimum Gasteiger partial charge on any atom is -0.462 e. The third kappa shape index (κ3) is 2.33. The molecule has 1 heterocycles. The zero-order chi connectivity index (χ0) is 11.5. The molecule has 1 aliphatic heterocycles. The Morgan fingerprint density at radius 2 is 1.75 bits per heavy atom. The van der Waals surface area contributed by atoms with Gasteiger partial charge in [-0.3, -0.25) is 0 Å². The van der Waals surface area contributed by atoms with Crippen molar-refractivity contribution in [2.45, 2.75) is 24.6 Å². The quantitative estimate of drug-likeness (QED) is 0.634. The van der Waals surface area contributed by atoms with Crippen LogP contribution in [0, 0.1) is 0 Å². The molecule has 3 unspecified atom stereocenters. The molecular formula is C11H14O5. The molecule has 0 aliphatic carbocycles. The van der Waals surface area contributed by atoms with Crippen LogP contribution >= 0.6 is 0 Å². The van der Waals surface area contributed by atoms with E-state index in [9.17, 15) is 15.3 Å². The van der Waals surface area contributed by atoms with Crippen LogP contribution in [-0.4, -0.2) is 46.5 Å². The molecule has 5 nitrogen and oxygen atoms in total. The lowest BCUT2D eigenvalue weighted by Gasteiger charge is -2.34. The van der Waals surface area contributed by atoms with Gasteiger partial charge in [-0.25, -0.2) is 0 Å². The van der Waals surface area contributed by atoms with E-state index in [-0.39, 0.29) is 6.61 Å². The fraction of sp³-hybridized carbons (Fsp3) is 0.455. The first-order valence-corrected chi connectivity index (χ1v) is 5.06. The Labute approximate surface area is 92.9 Å². The molecule has 1 saturated heterocycles. The molecule has 0 amide bonds. The number of hydrogen-bond donors (Lipinski definition) is 3. The molecule has 88 valence electrons. The van der Waals surface area contributed by atoms with Gasteiger partial charge in [0, 0.05) is 0 Å². The van der Waals surface area contributed by atoms with Crippen LogP contribution in [0.15, 0.2) is 30.3 Å². The Morgan fingerprint density at radius 1 is 1.06 bits per heavy atom. The minimum atomic E-state index is -1.26. The Hall–Kier alpha value is -1.14. The van der Waals surface area contributed by atoms with Crippen LogP contribution < -0.4 is 4.74 Å². The molecule has 0 bridgehead atoms. The maximum absolute atomic E-state index is 9.61. The Bertz CT molecular complexity index is 328. The fourth-order valence-corrected chi connectivity index (χ4v) is 1.52. The van der Waals surface area contributed by atoms with E-state index in [1.165, 1.54) is 0 Å². The van der Waals surface area contributed by atoms with E-state index in [0.29, 0.717) is 5.75 Å². The normalized spacial score (nSPS) is 34.7. The molecule has 0 saturated carbocycles. The summed E-state index contributed by atoms with van der Waals surface area (Å²) in [5.41, 5.74) is 0. The smallest absolute Gasteiger partial charge is 0.228 e. The molecule has 1 aromatic carbocycles. The average molecular weight is 226 g/mol. The zero-order valence-electron chi connectivity index (χ0n) is 8.56.